The zero-order valence-electron chi connectivity index (χ0n) is 15.4. The van der Waals surface area contributed by atoms with Crippen LogP contribution in [0.1, 0.15) is 16.8 Å². The zero-order chi connectivity index (χ0) is 20.4. The van der Waals surface area contributed by atoms with Crippen LogP contribution >= 0.6 is 11.6 Å². The van der Waals surface area contributed by atoms with Crippen LogP contribution in [0.5, 0.6) is 0 Å². The lowest BCUT2D eigenvalue weighted by molar-refractivity contribution is -0.126. The quantitative estimate of drug-likeness (QED) is 0.654. The number of nitrogens with zero attached hydrogens (tertiary/aromatic N) is 1. The van der Waals surface area contributed by atoms with E-state index in [1.807, 2.05) is 42.5 Å². The summed E-state index contributed by atoms with van der Waals surface area (Å²) in [5, 5.41) is 2.50. The molecule has 2 N–H and O–H groups in total. The van der Waals surface area contributed by atoms with Crippen molar-refractivity contribution in [3.8, 4) is 0 Å². The lowest BCUT2D eigenvalue weighted by Gasteiger charge is -2.19. The van der Waals surface area contributed by atoms with Crippen LogP contribution < -0.4 is 15.8 Å². The fourth-order valence-corrected chi connectivity index (χ4v) is 3.58. The van der Waals surface area contributed by atoms with E-state index in [9.17, 15) is 14.4 Å². The predicted octanol–water partition coefficient (Wildman–Crippen LogP) is 3.31. The fraction of sp³-hybridized carbons (Fsp3) is 0.136. The predicted molar refractivity (Wildman–Crippen MR) is 111 cm³/mol. The van der Waals surface area contributed by atoms with Crippen molar-refractivity contribution in [1.29, 1.82) is 0 Å². The van der Waals surface area contributed by atoms with Gasteiger partial charge in [-0.05, 0) is 35.7 Å². The molecule has 0 unspecified atom stereocenters. The third kappa shape index (κ3) is 3.93. The molecule has 1 heterocycles. The second-order valence-electron chi connectivity index (χ2n) is 6.85. The molecular weight excluding hydrogens is 390 g/mol. The minimum absolute atomic E-state index is 0.0892. The number of carbonyl (C=O) groups is 3. The third-order valence-electron chi connectivity index (χ3n) is 4.96. The number of carbonyl (C=O) groups excluding carboxylic acids is 3. The molecule has 0 radical (unpaired) electrons. The van der Waals surface area contributed by atoms with Gasteiger partial charge in [0.2, 0.25) is 11.8 Å². The highest BCUT2D eigenvalue weighted by Gasteiger charge is 2.35. The highest BCUT2D eigenvalue weighted by atomic mass is 35.5. The topological polar surface area (TPSA) is 78.5 Å². The first kappa shape index (κ1) is 19.0. The maximum Gasteiger partial charge on any atom is 0.269 e. The number of nitrogens with one attached hydrogen (secondary N) is 2. The summed E-state index contributed by atoms with van der Waals surface area (Å²) in [6.07, 6.45) is 0.0892. The summed E-state index contributed by atoms with van der Waals surface area (Å²) in [4.78, 5) is 38.8. The van der Waals surface area contributed by atoms with Crippen LogP contribution in [0.25, 0.3) is 10.8 Å². The van der Waals surface area contributed by atoms with Gasteiger partial charge >= 0.3 is 0 Å². The van der Waals surface area contributed by atoms with E-state index >= 15 is 0 Å². The van der Waals surface area contributed by atoms with Gasteiger partial charge in [-0.3, -0.25) is 25.2 Å². The van der Waals surface area contributed by atoms with E-state index in [0.29, 0.717) is 10.6 Å². The molecule has 0 saturated carbocycles. The van der Waals surface area contributed by atoms with Gasteiger partial charge in [0.1, 0.15) is 0 Å². The molecule has 29 heavy (non-hydrogen) atoms. The maximum atomic E-state index is 12.6. The maximum absolute atomic E-state index is 12.6. The second kappa shape index (κ2) is 7.93. The molecule has 1 aliphatic heterocycles. The van der Waals surface area contributed by atoms with Crippen LogP contribution in [0.15, 0.2) is 66.7 Å². The summed E-state index contributed by atoms with van der Waals surface area (Å²) in [5.74, 6) is -1.52. The molecule has 1 saturated heterocycles. The molecule has 0 bridgehead atoms. The van der Waals surface area contributed by atoms with E-state index in [1.165, 1.54) is 0 Å². The summed E-state index contributed by atoms with van der Waals surface area (Å²) in [6.45, 7) is 0.259. The molecule has 0 spiro atoms. The van der Waals surface area contributed by atoms with Gasteiger partial charge in [-0.15, -0.1) is 0 Å². The molecule has 0 aromatic heterocycles. The number of amides is 3. The Balaban J connectivity index is 1.43. The van der Waals surface area contributed by atoms with Gasteiger partial charge in [-0.1, -0.05) is 48.0 Å². The molecule has 3 amide bonds. The Morgan fingerprint density at radius 2 is 1.66 bits per heavy atom. The average Bonchev–Trinajstić information content (AvgIpc) is 3.13. The standard InChI is InChI=1S/C22H18ClN3O3/c23-17-10-8-15(9-11-17)21(28)24-25-22(29)16-12-20(27)26(13-16)19-7-3-5-14-4-1-2-6-18(14)19/h1-11,16H,12-13H2,(H,24,28)(H,25,29)/t16-/m1/s1. The van der Waals surface area contributed by atoms with E-state index in [2.05, 4.69) is 10.9 Å². The van der Waals surface area contributed by atoms with Gasteiger partial charge in [-0.2, -0.15) is 0 Å². The summed E-state index contributed by atoms with van der Waals surface area (Å²) in [5.41, 5.74) is 5.96. The van der Waals surface area contributed by atoms with Crippen molar-refractivity contribution < 1.29 is 14.4 Å². The molecule has 3 aromatic rings. The molecule has 7 heteroatoms. The molecule has 1 aliphatic rings. The van der Waals surface area contributed by atoms with Gasteiger partial charge in [0, 0.05) is 28.9 Å². The van der Waals surface area contributed by atoms with Gasteiger partial charge in [0.25, 0.3) is 5.91 Å². The largest absolute Gasteiger partial charge is 0.311 e. The third-order valence-corrected chi connectivity index (χ3v) is 5.21. The first-order chi connectivity index (χ1) is 14.0. The molecule has 6 nitrogen and oxygen atoms in total. The van der Waals surface area contributed by atoms with Crippen molar-refractivity contribution in [3.05, 3.63) is 77.3 Å². The van der Waals surface area contributed by atoms with Crippen LogP contribution in [0, 0.1) is 5.92 Å². The Morgan fingerprint density at radius 1 is 0.931 bits per heavy atom. The number of benzene rings is 3. The summed E-state index contributed by atoms with van der Waals surface area (Å²) in [7, 11) is 0. The van der Waals surface area contributed by atoms with E-state index in [1.54, 1.807) is 29.2 Å². The van der Waals surface area contributed by atoms with Crippen molar-refractivity contribution in [2.75, 3.05) is 11.4 Å². The van der Waals surface area contributed by atoms with Crippen molar-refractivity contribution in [2.24, 2.45) is 5.92 Å². The first-order valence-electron chi connectivity index (χ1n) is 9.17. The monoisotopic (exact) mass is 407 g/mol. The smallest absolute Gasteiger partial charge is 0.269 e. The lowest BCUT2D eigenvalue weighted by Crippen LogP contribution is -2.45. The van der Waals surface area contributed by atoms with Crippen LogP contribution in [0.3, 0.4) is 0 Å². The first-order valence-corrected chi connectivity index (χ1v) is 9.54. The Hall–Kier alpha value is -3.38. The second-order valence-corrected chi connectivity index (χ2v) is 7.29. The van der Waals surface area contributed by atoms with Crippen molar-refractivity contribution >= 4 is 45.8 Å². The number of fused-ring (bicyclic) bond motifs is 1. The summed E-state index contributed by atoms with van der Waals surface area (Å²) in [6, 6.07) is 19.9. The van der Waals surface area contributed by atoms with Crippen LogP contribution in [-0.4, -0.2) is 24.3 Å². The highest BCUT2D eigenvalue weighted by molar-refractivity contribution is 6.30. The van der Waals surface area contributed by atoms with Gasteiger partial charge < -0.3 is 4.90 Å². The number of hydrogen-bond donors (Lipinski definition) is 2. The fourth-order valence-electron chi connectivity index (χ4n) is 3.45. The number of anilines is 1. The number of hydrogen-bond acceptors (Lipinski definition) is 3. The van der Waals surface area contributed by atoms with Gasteiger partial charge in [0.15, 0.2) is 0 Å². The van der Waals surface area contributed by atoms with Crippen molar-refractivity contribution in [2.45, 2.75) is 6.42 Å². The van der Waals surface area contributed by atoms with Gasteiger partial charge in [-0.25, -0.2) is 0 Å². The Labute approximate surface area is 172 Å². The zero-order valence-corrected chi connectivity index (χ0v) is 16.1. The molecule has 1 fully saturated rings. The Morgan fingerprint density at radius 3 is 2.45 bits per heavy atom. The molecular formula is C22H18ClN3O3. The number of halogens is 1. The number of hydrazine groups is 1. The van der Waals surface area contributed by atoms with E-state index in [4.69, 9.17) is 11.6 Å². The van der Waals surface area contributed by atoms with Crippen LogP contribution in [-0.2, 0) is 9.59 Å². The van der Waals surface area contributed by atoms with E-state index in [-0.39, 0.29) is 18.9 Å². The normalized spacial score (nSPS) is 16.1. The Bertz CT molecular complexity index is 1090. The van der Waals surface area contributed by atoms with E-state index < -0.39 is 17.7 Å². The van der Waals surface area contributed by atoms with E-state index in [0.717, 1.165) is 16.5 Å². The summed E-state index contributed by atoms with van der Waals surface area (Å²) < 4.78 is 0. The number of rotatable bonds is 3. The van der Waals surface area contributed by atoms with Crippen LogP contribution in [0.2, 0.25) is 5.02 Å². The SMILES string of the molecule is O=C(NNC(=O)[C@@H]1CC(=O)N(c2cccc3ccccc23)C1)c1ccc(Cl)cc1. The summed E-state index contributed by atoms with van der Waals surface area (Å²) >= 11 is 5.81. The molecule has 3 aromatic carbocycles. The van der Waals surface area contributed by atoms with Crippen molar-refractivity contribution in [1.82, 2.24) is 10.9 Å². The molecule has 4 rings (SSSR count). The lowest BCUT2D eigenvalue weighted by atomic mass is 10.1. The highest BCUT2D eigenvalue weighted by Crippen LogP contribution is 2.31. The minimum atomic E-state index is -0.549. The van der Waals surface area contributed by atoms with Crippen molar-refractivity contribution in [3.63, 3.8) is 0 Å². The van der Waals surface area contributed by atoms with Crippen LogP contribution in [0.4, 0.5) is 5.69 Å². The molecule has 146 valence electrons. The van der Waals surface area contributed by atoms with Gasteiger partial charge in [0.05, 0.1) is 11.6 Å². The average molecular weight is 408 g/mol. The Kier molecular flexibility index (Phi) is 5.18. The molecule has 1 atom stereocenters. The minimum Gasteiger partial charge on any atom is -0.311 e. The molecule has 0 aliphatic carbocycles.